The molecule has 0 aromatic rings. The molecule has 0 radical (unpaired) electrons. The molecule has 0 bridgehead atoms. The van der Waals surface area contributed by atoms with Gasteiger partial charge in [0.1, 0.15) is 0 Å². The Bertz CT molecular complexity index is 189. The second kappa shape index (κ2) is 7.72. The lowest BCUT2D eigenvalue weighted by atomic mass is 10.2. The van der Waals surface area contributed by atoms with Crippen LogP contribution < -0.4 is 0 Å². The van der Waals surface area contributed by atoms with Gasteiger partial charge in [-0.2, -0.15) is 0 Å². The number of rotatable bonds is 3. The summed E-state index contributed by atoms with van der Waals surface area (Å²) >= 11 is 0. The van der Waals surface area contributed by atoms with Gasteiger partial charge >= 0.3 is 0 Å². The lowest BCUT2D eigenvalue weighted by Gasteiger charge is -1.92. The third kappa shape index (κ3) is 5.41. The highest BCUT2D eigenvalue weighted by atomic mass is 16.6. The van der Waals surface area contributed by atoms with E-state index in [0.717, 1.165) is 0 Å². The van der Waals surface area contributed by atoms with Crippen LogP contribution in [-0.2, 0) is 0 Å². The minimum atomic E-state index is -0.482. The summed E-state index contributed by atoms with van der Waals surface area (Å²) in [6.07, 6.45) is 2.69. The topological polar surface area (TPSA) is 43.1 Å². The molecule has 0 fully saturated rings. The summed E-state index contributed by atoms with van der Waals surface area (Å²) in [6, 6.07) is 0. The molecule has 0 saturated carbocycles. The van der Waals surface area contributed by atoms with Gasteiger partial charge in [-0.3, -0.25) is 10.1 Å². The fourth-order valence-corrected chi connectivity index (χ4v) is 0.471. The Morgan fingerprint density at radius 1 is 1.50 bits per heavy atom. The number of nitrogens with zero attached hydrogens (tertiary/aromatic N) is 1. The monoisotopic (exact) mass is 169 g/mol. The smallest absolute Gasteiger partial charge is 0.258 e. The van der Waals surface area contributed by atoms with E-state index in [2.05, 4.69) is 13.2 Å². The van der Waals surface area contributed by atoms with Crippen molar-refractivity contribution in [3.8, 4) is 0 Å². The second-order valence-electron chi connectivity index (χ2n) is 1.83. The Kier molecular flexibility index (Phi) is 8.51. The van der Waals surface area contributed by atoms with Gasteiger partial charge in [-0.1, -0.05) is 33.1 Å². The van der Waals surface area contributed by atoms with Crippen molar-refractivity contribution in [3.05, 3.63) is 46.7 Å². The molecule has 0 spiro atoms. The normalized spacial score (nSPS) is 9.42. The summed E-state index contributed by atoms with van der Waals surface area (Å²) in [5.74, 6) is 0. The lowest BCUT2D eigenvalue weighted by molar-refractivity contribution is -0.420. The van der Waals surface area contributed by atoms with Crippen molar-refractivity contribution in [1.82, 2.24) is 0 Å². The number of nitro groups is 1. The van der Waals surface area contributed by atoms with Crippen LogP contribution >= 0.6 is 0 Å². The zero-order chi connectivity index (χ0) is 10.1. The summed E-state index contributed by atoms with van der Waals surface area (Å²) < 4.78 is 0. The van der Waals surface area contributed by atoms with Crippen molar-refractivity contribution in [2.75, 3.05) is 0 Å². The summed E-state index contributed by atoms with van der Waals surface area (Å²) in [7, 11) is 0. The first-order chi connectivity index (χ1) is 5.59. The van der Waals surface area contributed by atoms with Crippen molar-refractivity contribution < 1.29 is 4.92 Å². The minimum absolute atomic E-state index is 0.00926. The molecular weight excluding hydrogens is 154 g/mol. The number of hydrogen-bond acceptors (Lipinski definition) is 2. The Labute approximate surface area is 73.2 Å². The Morgan fingerprint density at radius 3 is 2.00 bits per heavy atom. The van der Waals surface area contributed by atoms with Gasteiger partial charge in [0.05, 0.1) is 4.92 Å². The summed E-state index contributed by atoms with van der Waals surface area (Å²) in [5, 5.41) is 10.2. The SMILES string of the molecule is C=C/C=C(\C(=C)C)[N+](=O)[O-].CC. The van der Waals surface area contributed by atoms with Gasteiger partial charge in [0.15, 0.2) is 0 Å². The maximum atomic E-state index is 10.2. The second-order valence-corrected chi connectivity index (χ2v) is 1.83. The highest BCUT2D eigenvalue weighted by Gasteiger charge is 2.08. The molecule has 3 nitrogen and oxygen atoms in total. The molecule has 0 aliphatic rings. The molecule has 0 saturated heterocycles. The lowest BCUT2D eigenvalue weighted by Crippen LogP contribution is -1.98. The summed E-state index contributed by atoms with van der Waals surface area (Å²) in [4.78, 5) is 9.68. The van der Waals surface area contributed by atoms with E-state index in [1.54, 1.807) is 6.92 Å². The zero-order valence-corrected chi connectivity index (χ0v) is 7.83. The molecule has 0 unspecified atom stereocenters. The van der Waals surface area contributed by atoms with E-state index in [4.69, 9.17) is 0 Å². The van der Waals surface area contributed by atoms with Gasteiger partial charge in [-0.05, 0) is 6.92 Å². The van der Waals surface area contributed by atoms with Crippen molar-refractivity contribution in [3.63, 3.8) is 0 Å². The third-order valence-corrected chi connectivity index (χ3v) is 0.910. The van der Waals surface area contributed by atoms with Gasteiger partial charge in [0.2, 0.25) is 0 Å². The van der Waals surface area contributed by atoms with Gasteiger partial charge in [0, 0.05) is 11.6 Å². The predicted octanol–water partition coefficient (Wildman–Crippen LogP) is 2.94. The van der Waals surface area contributed by atoms with E-state index < -0.39 is 4.92 Å². The molecule has 0 N–H and O–H groups in total. The largest absolute Gasteiger partial charge is 0.271 e. The van der Waals surface area contributed by atoms with Crippen molar-refractivity contribution in [2.24, 2.45) is 0 Å². The first-order valence-electron chi connectivity index (χ1n) is 3.72. The molecule has 0 heterocycles. The molecule has 0 aliphatic carbocycles. The van der Waals surface area contributed by atoms with Crippen LogP contribution in [-0.4, -0.2) is 4.92 Å². The molecule has 0 amide bonds. The molecule has 0 aromatic carbocycles. The van der Waals surface area contributed by atoms with E-state index >= 15 is 0 Å². The molecule has 68 valence electrons. The van der Waals surface area contributed by atoms with E-state index in [9.17, 15) is 10.1 Å². The van der Waals surface area contributed by atoms with Gasteiger partial charge < -0.3 is 0 Å². The first kappa shape index (κ1) is 13.2. The van der Waals surface area contributed by atoms with Crippen LogP contribution in [0.3, 0.4) is 0 Å². The quantitative estimate of drug-likeness (QED) is 0.370. The van der Waals surface area contributed by atoms with Crippen LogP contribution in [0.25, 0.3) is 0 Å². The van der Waals surface area contributed by atoms with E-state index in [1.807, 2.05) is 13.8 Å². The Balaban J connectivity index is 0. The number of hydrogen-bond donors (Lipinski definition) is 0. The van der Waals surface area contributed by atoms with Crippen LogP contribution in [0.2, 0.25) is 0 Å². The van der Waals surface area contributed by atoms with Crippen molar-refractivity contribution in [1.29, 1.82) is 0 Å². The van der Waals surface area contributed by atoms with Crippen molar-refractivity contribution in [2.45, 2.75) is 20.8 Å². The highest BCUT2D eigenvalue weighted by molar-refractivity contribution is 5.22. The van der Waals surface area contributed by atoms with Gasteiger partial charge in [0.25, 0.3) is 5.70 Å². The molecule has 12 heavy (non-hydrogen) atoms. The third-order valence-electron chi connectivity index (χ3n) is 0.910. The highest BCUT2D eigenvalue weighted by Crippen LogP contribution is 2.06. The molecule has 0 atom stereocenters. The van der Waals surface area contributed by atoms with Crippen LogP contribution in [0.4, 0.5) is 0 Å². The van der Waals surface area contributed by atoms with Crippen LogP contribution in [0.1, 0.15) is 20.8 Å². The average Bonchev–Trinajstić information content (AvgIpc) is 2.03. The van der Waals surface area contributed by atoms with E-state index in [1.165, 1.54) is 12.2 Å². The van der Waals surface area contributed by atoms with E-state index in [0.29, 0.717) is 5.57 Å². The molecule has 0 rings (SSSR count). The van der Waals surface area contributed by atoms with Crippen molar-refractivity contribution >= 4 is 0 Å². The molecule has 3 heteroatoms. The summed E-state index contributed by atoms with van der Waals surface area (Å²) in [6.45, 7) is 12.4. The van der Waals surface area contributed by atoms with Crippen LogP contribution in [0.15, 0.2) is 36.6 Å². The maximum Gasteiger partial charge on any atom is 0.271 e. The van der Waals surface area contributed by atoms with Gasteiger partial charge in [-0.25, -0.2) is 0 Å². The maximum absolute atomic E-state index is 10.2. The summed E-state index contributed by atoms with van der Waals surface area (Å²) in [5.41, 5.74) is 0.444. The standard InChI is InChI=1S/C7H9NO2.C2H6/c1-4-5-7(6(2)3)8(9)10;1-2/h4-5H,1-2H2,3H3;1-2H3/b7-5+;. The van der Waals surface area contributed by atoms with Gasteiger partial charge in [-0.15, -0.1) is 0 Å². The number of allylic oxidation sites excluding steroid dienone is 3. The van der Waals surface area contributed by atoms with Crippen LogP contribution in [0.5, 0.6) is 0 Å². The predicted molar refractivity (Wildman–Crippen MR) is 51.4 cm³/mol. The Hall–Kier alpha value is -1.38. The first-order valence-corrected chi connectivity index (χ1v) is 3.72. The van der Waals surface area contributed by atoms with Crippen LogP contribution in [0, 0.1) is 10.1 Å². The average molecular weight is 169 g/mol. The minimum Gasteiger partial charge on any atom is -0.258 e. The fourth-order valence-electron chi connectivity index (χ4n) is 0.471. The molecular formula is C9H15NO2. The fraction of sp³-hybridized carbons (Fsp3) is 0.333. The molecule has 0 aliphatic heterocycles. The van der Waals surface area contributed by atoms with E-state index in [-0.39, 0.29) is 5.70 Å². The zero-order valence-electron chi connectivity index (χ0n) is 7.83. The Morgan fingerprint density at radius 2 is 1.92 bits per heavy atom. The molecule has 0 aromatic heterocycles.